The summed E-state index contributed by atoms with van der Waals surface area (Å²) < 4.78 is 11.7. The van der Waals surface area contributed by atoms with Crippen LogP contribution in [0.1, 0.15) is 46.2 Å². The van der Waals surface area contributed by atoms with Crippen LogP contribution in [0.15, 0.2) is 91.0 Å². The summed E-state index contributed by atoms with van der Waals surface area (Å²) in [6.45, 7) is 8.00. The number of halogens is 2. The van der Waals surface area contributed by atoms with Crippen molar-refractivity contribution >= 4 is 40.6 Å². The van der Waals surface area contributed by atoms with E-state index in [0.717, 1.165) is 40.7 Å². The van der Waals surface area contributed by atoms with Gasteiger partial charge in [0.25, 0.3) is 0 Å². The van der Waals surface area contributed by atoms with Gasteiger partial charge in [-0.25, -0.2) is 0 Å². The van der Waals surface area contributed by atoms with E-state index in [1.165, 1.54) is 11.1 Å². The van der Waals surface area contributed by atoms with E-state index in [4.69, 9.17) is 32.7 Å². The highest BCUT2D eigenvalue weighted by Gasteiger charge is 2.40. The second-order valence-electron chi connectivity index (χ2n) is 12.7. The molecule has 48 heavy (non-hydrogen) atoms. The summed E-state index contributed by atoms with van der Waals surface area (Å²) in [6, 6.07) is 27.6. The molecule has 6 rings (SSSR count). The predicted molar refractivity (Wildman–Crippen MR) is 191 cm³/mol. The molecule has 6 nitrogen and oxygen atoms in total. The van der Waals surface area contributed by atoms with Crippen molar-refractivity contribution < 1.29 is 19.1 Å². The monoisotopic (exact) mass is 682 g/mol. The van der Waals surface area contributed by atoms with E-state index in [2.05, 4.69) is 32.0 Å². The maximum absolute atomic E-state index is 14.6. The van der Waals surface area contributed by atoms with Crippen LogP contribution in [-0.4, -0.2) is 47.4 Å². The Labute approximate surface area is 292 Å². The molecule has 1 fully saturated rings. The lowest BCUT2D eigenvalue weighted by atomic mass is 9.87. The number of carbonyl (C=O) groups is 2. The number of nitrogens with zero attached hydrogens (tertiary/aromatic N) is 2. The van der Waals surface area contributed by atoms with E-state index in [0.29, 0.717) is 41.2 Å². The molecule has 2 amide bonds. The van der Waals surface area contributed by atoms with E-state index in [1.807, 2.05) is 66.4 Å². The fraction of sp³-hybridized carbons (Fsp3) is 0.300. The number of hydrogen-bond acceptors (Lipinski definition) is 4. The van der Waals surface area contributed by atoms with Crippen molar-refractivity contribution in [3.63, 3.8) is 0 Å². The summed E-state index contributed by atoms with van der Waals surface area (Å²) in [5.74, 6) is 0.541. The van der Waals surface area contributed by atoms with Crippen LogP contribution in [0.3, 0.4) is 0 Å². The van der Waals surface area contributed by atoms with Crippen LogP contribution in [-0.2, 0) is 22.7 Å². The van der Waals surface area contributed by atoms with E-state index < -0.39 is 5.92 Å². The van der Waals surface area contributed by atoms with Gasteiger partial charge < -0.3 is 19.3 Å². The maximum Gasteiger partial charge on any atom is 0.247 e. The van der Waals surface area contributed by atoms with E-state index in [9.17, 15) is 9.59 Å². The number of hydrogen-bond donors (Lipinski definition) is 0. The van der Waals surface area contributed by atoms with Gasteiger partial charge in [-0.1, -0.05) is 83.9 Å². The smallest absolute Gasteiger partial charge is 0.247 e. The van der Waals surface area contributed by atoms with Crippen molar-refractivity contribution in [3.8, 4) is 11.5 Å². The van der Waals surface area contributed by atoms with Crippen molar-refractivity contribution in [1.29, 1.82) is 0 Å². The van der Waals surface area contributed by atoms with Gasteiger partial charge >= 0.3 is 0 Å². The molecule has 8 heteroatoms. The van der Waals surface area contributed by atoms with E-state index in [1.54, 1.807) is 23.1 Å². The van der Waals surface area contributed by atoms with Gasteiger partial charge in [0.05, 0.1) is 16.0 Å². The van der Waals surface area contributed by atoms with Gasteiger partial charge in [-0.15, -0.1) is 0 Å². The van der Waals surface area contributed by atoms with Crippen LogP contribution in [0.25, 0.3) is 5.57 Å². The molecule has 4 aromatic rings. The molecule has 1 aliphatic carbocycles. The molecule has 2 aliphatic rings. The van der Waals surface area contributed by atoms with Crippen molar-refractivity contribution in [2.45, 2.75) is 52.7 Å². The normalized spacial score (nSPS) is 16.0. The Bertz CT molecular complexity index is 1800. The molecular formula is C40H40Cl2N2O4. The largest absolute Gasteiger partial charge is 0.490 e. The lowest BCUT2D eigenvalue weighted by Gasteiger charge is -2.36. The number of ether oxygens (including phenoxy) is 2. The summed E-state index contributed by atoms with van der Waals surface area (Å²) in [4.78, 5) is 31.9. The van der Waals surface area contributed by atoms with Crippen molar-refractivity contribution in [2.24, 2.45) is 5.92 Å². The fourth-order valence-corrected chi connectivity index (χ4v) is 6.89. The molecule has 1 atom stereocenters. The quantitative estimate of drug-likeness (QED) is 0.140. The van der Waals surface area contributed by atoms with Crippen molar-refractivity contribution in [3.05, 3.63) is 134 Å². The number of benzene rings is 4. The van der Waals surface area contributed by atoms with Crippen LogP contribution in [0, 0.1) is 26.7 Å². The Morgan fingerprint density at radius 2 is 1.56 bits per heavy atom. The molecule has 1 saturated carbocycles. The lowest BCUT2D eigenvalue weighted by molar-refractivity contribution is -0.137. The van der Waals surface area contributed by atoms with Gasteiger partial charge in [0, 0.05) is 31.8 Å². The molecule has 0 N–H and O–H groups in total. The molecule has 1 unspecified atom stereocenters. The zero-order valence-electron chi connectivity index (χ0n) is 27.5. The average molecular weight is 684 g/mol. The van der Waals surface area contributed by atoms with Gasteiger partial charge in [-0.3, -0.25) is 9.59 Å². The Balaban J connectivity index is 1.21. The first-order chi connectivity index (χ1) is 23.2. The lowest BCUT2D eigenvalue weighted by Crippen LogP contribution is -2.46. The summed E-state index contributed by atoms with van der Waals surface area (Å²) >= 11 is 12.6. The fourth-order valence-electron chi connectivity index (χ4n) is 6.19. The highest BCUT2D eigenvalue weighted by atomic mass is 35.5. The zero-order valence-corrected chi connectivity index (χ0v) is 29.1. The highest BCUT2D eigenvalue weighted by Crippen LogP contribution is 2.37. The Kier molecular flexibility index (Phi) is 10.4. The maximum atomic E-state index is 14.6. The number of amides is 2. The summed E-state index contributed by atoms with van der Waals surface area (Å²) in [5, 5.41) is 0.917. The second-order valence-corrected chi connectivity index (χ2v) is 13.5. The van der Waals surface area contributed by atoms with Gasteiger partial charge in [0.2, 0.25) is 11.8 Å². The van der Waals surface area contributed by atoms with E-state index >= 15 is 0 Å². The van der Waals surface area contributed by atoms with E-state index in [-0.39, 0.29) is 31.1 Å². The molecule has 0 spiro atoms. The Morgan fingerprint density at radius 1 is 0.875 bits per heavy atom. The molecule has 0 radical (unpaired) electrons. The molecule has 0 aromatic heterocycles. The first kappa shape index (κ1) is 33.6. The first-order valence-corrected chi connectivity index (χ1v) is 17.1. The van der Waals surface area contributed by atoms with Gasteiger partial charge in [-0.05, 0) is 96.8 Å². The van der Waals surface area contributed by atoms with Gasteiger partial charge in [0.15, 0.2) is 5.75 Å². The summed E-state index contributed by atoms with van der Waals surface area (Å²) in [7, 11) is 0. The highest BCUT2D eigenvalue weighted by molar-refractivity contribution is 6.37. The summed E-state index contributed by atoms with van der Waals surface area (Å²) in [6.07, 6.45) is 3.64. The number of aryl methyl sites for hydroxylation is 2. The van der Waals surface area contributed by atoms with Crippen LogP contribution < -0.4 is 9.47 Å². The van der Waals surface area contributed by atoms with Crippen LogP contribution in [0.4, 0.5) is 0 Å². The minimum atomic E-state index is -0.499. The average Bonchev–Trinajstić information content (AvgIpc) is 3.91. The third-order valence-electron chi connectivity index (χ3n) is 9.14. The third-order valence-corrected chi connectivity index (χ3v) is 9.70. The van der Waals surface area contributed by atoms with Crippen LogP contribution in [0.5, 0.6) is 11.5 Å². The minimum absolute atomic E-state index is 0.0566. The molecule has 4 aromatic carbocycles. The Hall–Kier alpha value is -4.26. The predicted octanol–water partition coefficient (Wildman–Crippen LogP) is 8.61. The van der Waals surface area contributed by atoms with Crippen LogP contribution >= 0.6 is 23.2 Å². The standard InChI is InChI=1S/C40H40Cl2N2O4/c1-26-20-36(41)39(37(42)21-26)48-19-18-47-33-16-12-30(13-17-33)34-22-38(45)43(23-29-9-5-4-6-10-29)25-35(34)40(46)44(32-14-15-32)24-31-11-7-8-27(2)28(31)3/h4-13,16-17,20-22,32,35H,14-15,18-19,23-25H2,1-3H3. The van der Waals surface area contributed by atoms with Crippen molar-refractivity contribution in [2.75, 3.05) is 19.8 Å². The molecule has 1 aliphatic heterocycles. The molecule has 1 heterocycles. The number of carbonyl (C=O) groups excluding carboxylic acids is 2. The Morgan fingerprint density at radius 3 is 2.25 bits per heavy atom. The first-order valence-electron chi connectivity index (χ1n) is 16.4. The molecule has 248 valence electrons. The third kappa shape index (κ3) is 7.88. The summed E-state index contributed by atoms with van der Waals surface area (Å²) in [5.41, 5.74) is 7.13. The minimum Gasteiger partial charge on any atom is -0.490 e. The molecule has 0 saturated heterocycles. The zero-order chi connectivity index (χ0) is 33.8. The molecule has 0 bridgehead atoms. The van der Waals surface area contributed by atoms with Crippen LogP contribution in [0.2, 0.25) is 10.0 Å². The number of rotatable bonds is 12. The second kappa shape index (κ2) is 14.9. The molecular weight excluding hydrogens is 643 g/mol. The van der Waals surface area contributed by atoms with Gasteiger partial charge in [-0.2, -0.15) is 0 Å². The van der Waals surface area contributed by atoms with Crippen molar-refractivity contribution in [1.82, 2.24) is 9.80 Å². The topological polar surface area (TPSA) is 59.1 Å². The SMILES string of the molecule is Cc1cc(Cl)c(OCCOc2ccc(C3=CC(=O)N(Cc4ccccc4)CC3C(=O)N(Cc3cccc(C)c3C)C3CC3)cc2)c(Cl)c1. The van der Waals surface area contributed by atoms with Gasteiger partial charge in [0.1, 0.15) is 19.0 Å².